The molecule has 0 saturated heterocycles. The first-order valence-corrected chi connectivity index (χ1v) is 7.85. The maximum atomic E-state index is 12.5. The van der Waals surface area contributed by atoms with Crippen molar-refractivity contribution in [3.05, 3.63) is 47.3 Å². The van der Waals surface area contributed by atoms with Crippen LogP contribution in [0.25, 0.3) is 5.69 Å². The highest BCUT2D eigenvalue weighted by Crippen LogP contribution is 2.35. The zero-order valence-electron chi connectivity index (χ0n) is 13.5. The lowest BCUT2D eigenvalue weighted by molar-refractivity contribution is 0.102. The lowest BCUT2D eigenvalue weighted by Crippen LogP contribution is -2.17. The Morgan fingerprint density at radius 2 is 1.96 bits per heavy atom. The SMILES string of the molecule is Cc1ccc(-n2nc(C(=O)Nc3nnnn3C3CC3)cc2C)cc1. The molecule has 4 rings (SSSR count). The third-order valence-electron chi connectivity index (χ3n) is 4.01. The Morgan fingerprint density at radius 3 is 2.67 bits per heavy atom. The number of rotatable bonds is 4. The van der Waals surface area contributed by atoms with Gasteiger partial charge in [-0.05, 0) is 55.3 Å². The normalized spacial score (nSPS) is 13.9. The molecule has 122 valence electrons. The lowest BCUT2D eigenvalue weighted by Gasteiger charge is -2.04. The summed E-state index contributed by atoms with van der Waals surface area (Å²) in [5.41, 5.74) is 3.30. The zero-order chi connectivity index (χ0) is 16.7. The van der Waals surface area contributed by atoms with Crippen LogP contribution in [0, 0.1) is 13.8 Å². The molecule has 1 aromatic carbocycles. The molecule has 0 bridgehead atoms. The monoisotopic (exact) mass is 323 g/mol. The van der Waals surface area contributed by atoms with E-state index in [-0.39, 0.29) is 5.91 Å². The molecular formula is C16H17N7O. The number of nitrogens with zero attached hydrogens (tertiary/aromatic N) is 6. The Kier molecular flexibility index (Phi) is 3.37. The van der Waals surface area contributed by atoms with E-state index in [9.17, 15) is 4.79 Å². The number of aryl methyl sites for hydroxylation is 2. The Labute approximate surface area is 138 Å². The van der Waals surface area contributed by atoms with E-state index in [1.54, 1.807) is 15.4 Å². The van der Waals surface area contributed by atoms with Gasteiger partial charge in [-0.25, -0.2) is 9.36 Å². The predicted octanol–water partition coefficient (Wildman–Crippen LogP) is 2.06. The Morgan fingerprint density at radius 1 is 1.21 bits per heavy atom. The first-order chi connectivity index (χ1) is 11.6. The number of carbonyl (C=O) groups is 1. The van der Waals surface area contributed by atoms with E-state index in [1.165, 1.54) is 5.56 Å². The first-order valence-electron chi connectivity index (χ1n) is 7.85. The smallest absolute Gasteiger partial charge is 0.278 e. The molecule has 0 spiro atoms. The van der Waals surface area contributed by atoms with Crippen molar-refractivity contribution in [2.45, 2.75) is 32.7 Å². The van der Waals surface area contributed by atoms with Crippen molar-refractivity contribution in [2.75, 3.05) is 5.32 Å². The van der Waals surface area contributed by atoms with E-state index in [2.05, 4.69) is 25.9 Å². The van der Waals surface area contributed by atoms with Crippen molar-refractivity contribution in [3.8, 4) is 5.69 Å². The summed E-state index contributed by atoms with van der Waals surface area (Å²) in [7, 11) is 0. The summed E-state index contributed by atoms with van der Waals surface area (Å²) in [5.74, 6) is 0.0469. The molecule has 1 fully saturated rings. The van der Waals surface area contributed by atoms with Crippen molar-refractivity contribution in [2.24, 2.45) is 0 Å². The molecule has 1 N–H and O–H groups in total. The van der Waals surface area contributed by atoms with E-state index >= 15 is 0 Å². The molecule has 1 saturated carbocycles. The third-order valence-corrected chi connectivity index (χ3v) is 4.01. The van der Waals surface area contributed by atoms with Gasteiger partial charge in [0.15, 0.2) is 5.69 Å². The first kappa shape index (κ1) is 14.6. The molecule has 8 heteroatoms. The maximum Gasteiger partial charge on any atom is 0.278 e. The van der Waals surface area contributed by atoms with Crippen LogP contribution in [0.1, 0.15) is 40.6 Å². The number of benzene rings is 1. The van der Waals surface area contributed by atoms with Crippen LogP contribution in [-0.4, -0.2) is 35.9 Å². The number of hydrogen-bond acceptors (Lipinski definition) is 5. The van der Waals surface area contributed by atoms with Gasteiger partial charge < -0.3 is 0 Å². The van der Waals surface area contributed by atoms with Crippen LogP contribution in [0.4, 0.5) is 5.95 Å². The Bertz CT molecular complexity index is 890. The van der Waals surface area contributed by atoms with Crippen LogP contribution in [0.2, 0.25) is 0 Å². The molecule has 24 heavy (non-hydrogen) atoms. The van der Waals surface area contributed by atoms with Gasteiger partial charge in [0.25, 0.3) is 5.91 Å². The van der Waals surface area contributed by atoms with E-state index in [4.69, 9.17) is 0 Å². The second-order valence-electron chi connectivity index (χ2n) is 6.05. The van der Waals surface area contributed by atoms with Crippen molar-refractivity contribution in [3.63, 3.8) is 0 Å². The minimum Gasteiger partial charge on any atom is -0.288 e. The fourth-order valence-corrected chi connectivity index (χ4v) is 2.54. The molecule has 0 atom stereocenters. The highest BCUT2D eigenvalue weighted by molar-refractivity contribution is 6.02. The molecular weight excluding hydrogens is 306 g/mol. The largest absolute Gasteiger partial charge is 0.288 e. The van der Waals surface area contributed by atoms with Gasteiger partial charge in [-0.2, -0.15) is 5.10 Å². The van der Waals surface area contributed by atoms with Crippen molar-refractivity contribution in [1.82, 2.24) is 30.0 Å². The standard InChI is InChI=1S/C16H17N7O/c1-10-3-5-12(6-4-10)22-11(2)9-14(19-22)15(24)17-16-18-20-21-23(16)13-7-8-13/h3-6,9,13H,7-8H2,1-2H3,(H,17,18,21,24). The van der Waals surface area contributed by atoms with Crippen LogP contribution >= 0.6 is 0 Å². The van der Waals surface area contributed by atoms with E-state index in [0.717, 1.165) is 24.2 Å². The van der Waals surface area contributed by atoms with Crippen molar-refractivity contribution < 1.29 is 4.79 Å². The topological polar surface area (TPSA) is 90.5 Å². The summed E-state index contributed by atoms with van der Waals surface area (Å²) >= 11 is 0. The number of aromatic nitrogens is 6. The second kappa shape index (κ2) is 5.55. The van der Waals surface area contributed by atoms with Crippen LogP contribution in [0.15, 0.2) is 30.3 Å². The van der Waals surface area contributed by atoms with Crippen molar-refractivity contribution >= 4 is 11.9 Å². The predicted molar refractivity (Wildman–Crippen MR) is 87.1 cm³/mol. The number of amides is 1. The summed E-state index contributed by atoms with van der Waals surface area (Å²) in [5, 5.41) is 18.6. The van der Waals surface area contributed by atoms with Gasteiger partial charge in [-0.1, -0.05) is 22.8 Å². The van der Waals surface area contributed by atoms with Gasteiger partial charge in [0.2, 0.25) is 5.95 Å². The average Bonchev–Trinajstić information content (AvgIpc) is 3.19. The lowest BCUT2D eigenvalue weighted by atomic mass is 10.2. The molecule has 8 nitrogen and oxygen atoms in total. The fourth-order valence-electron chi connectivity index (χ4n) is 2.54. The quantitative estimate of drug-likeness (QED) is 0.793. The van der Waals surface area contributed by atoms with E-state index in [1.807, 2.05) is 38.1 Å². The van der Waals surface area contributed by atoms with Gasteiger partial charge >= 0.3 is 0 Å². The number of hydrogen-bond donors (Lipinski definition) is 1. The van der Waals surface area contributed by atoms with Crippen LogP contribution in [-0.2, 0) is 0 Å². The molecule has 3 aromatic rings. The van der Waals surface area contributed by atoms with Crippen molar-refractivity contribution in [1.29, 1.82) is 0 Å². The summed E-state index contributed by atoms with van der Waals surface area (Å²) in [4.78, 5) is 12.5. The highest BCUT2D eigenvalue weighted by atomic mass is 16.2. The molecule has 2 heterocycles. The number of tetrazole rings is 1. The third kappa shape index (κ3) is 2.66. The molecule has 0 radical (unpaired) electrons. The molecule has 2 aromatic heterocycles. The second-order valence-corrected chi connectivity index (χ2v) is 6.05. The average molecular weight is 323 g/mol. The molecule has 1 aliphatic rings. The van der Waals surface area contributed by atoms with Gasteiger partial charge in [0, 0.05) is 5.69 Å². The summed E-state index contributed by atoms with van der Waals surface area (Å²) in [6, 6.07) is 10.0. The minimum atomic E-state index is -0.319. The number of carbonyl (C=O) groups excluding carboxylic acids is 1. The van der Waals surface area contributed by atoms with Crippen LogP contribution < -0.4 is 5.32 Å². The van der Waals surface area contributed by atoms with Gasteiger partial charge in [0.05, 0.1) is 11.7 Å². The fraction of sp³-hybridized carbons (Fsp3) is 0.312. The maximum absolute atomic E-state index is 12.5. The van der Waals surface area contributed by atoms with Gasteiger partial charge in [0.1, 0.15) is 0 Å². The zero-order valence-corrected chi connectivity index (χ0v) is 13.5. The summed E-state index contributed by atoms with van der Waals surface area (Å²) in [6.07, 6.45) is 2.07. The van der Waals surface area contributed by atoms with Crippen LogP contribution in [0.3, 0.4) is 0 Å². The molecule has 1 aliphatic carbocycles. The molecule has 0 aliphatic heterocycles. The number of anilines is 1. The summed E-state index contributed by atoms with van der Waals surface area (Å²) in [6.45, 7) is 3.94. The van der Waals surface area contributed by atoms with Gasteiger partial charge in [-0.3, -0.25) is 10.1 Å². The minimum absolute atomic E-state index is 0.294. The molecule has 0 unspecified atom stereocenters. The summed E-state index contributed by atoms with van der Waals surface area (Å²) < 4.78 is 3.40. The van der Waals surface area contributed by atoms with Gasteiger partial charge in [-0.15, -0.1) is 0 Å². The van der Waals surface area contributed by atoms with E-state index < -0.39 is 0 Å². The Hall–Kier alpha value is -3.03. The van der Waals surface area contributed by atoms with E-state index in [0.29, 0.717) is 17.7 Å². The van der Waals surface area contributed by atoms with Crippen LogP contribution in [0.5, 0.6) is 0 Å². The number of nitrogens with one attached hydrogen (secondary N) is 1. The molecule has 1 amide bonds. The Balaban J connectivity index is 1.58. The highest BCUT2D eigenvalue weighted by Gasteiger charge is 2.28.